The Balaban J connectivity index is 2.45. The number of allylic oxidation sites excluding steroid dienone is 2. The van der Waals surface area contributed by atoms with Crippen LogP contribution in [0.1, 0.15) is 19.3 Å². The van der Waals surface area contributed by atoms with Crippen LogP contribution in [0.3, 0.4) is 0 Å². The molecule has 0 spiro atoms. The smallest absolute Gasteiger partial charge is 0.107 e. The molecule has 0 fully saturated rings. The van der Waals surface area contributed by atoms with Crippen molar-refractivity contribution in [2.45, 2.75) is 25.4 Å². The van der Waals surface area contributed by atoms with Gasteiger partial charge in [0.05, 0.1) is 5.83 Å². The average molecular weight is 118 g/mol. The minimum absolute atomic E-state index is 0. The van der Waals surface area contributed by atoms with Crippen molar-refractivity contribution in [3.63, 3.8) is 0 Å². The summed E-state index contributed by atoms with van der Waals surface area (Å²) < 4.78 is 24.2. The predicted octanol–water partition coefficient (Wildman–Crippen LogP) is 2.36. The minimum Gasteiger partial charge on any atom is -0.247 e. The molecule has 1 atom stereocenters. The van der Waals surface area contributed by atoms with Crippen LogP contribution >= 0.6 is 0 Å². The van der Waals surface area contributed by atoms with E-state index in [1.54, 1.807) is 0 Å². The quantitative estimate of drug-likeness (QED) is 0.458. The first-order valence-corrected chi connectivity index (χ1v) is 2.77. The van der Waals surface area contributed by atoms with Gasteiger partial charge < -0.3 is 0 Å². The molecule has 46 valence electrons. The minimum atomic E-state index is -0.931. The van der Waals surface area contributed by atoms with Crippen molar-refractivity contribution in [2.24, 2.45) is 0 Å². The van der Waals surface area contributed by atoms with Crippen LogP contribution in [0.4, 0.5) is 8.78 Å². The van der Waals surface area contributed by atoms with E-state index < -0.39 is 6.17 Å². The molecular formula is C6H8F2. The van der Waals surface area contributed by atoms with Crippen molar-refractivity contribution in [3.8, 4) is 0 Å². The SMILES string of the molecule is FC1=CCCC(F)C1. The molecule has 0 N–H and O–H groups in total. The third-order valence-electron chi connectivity index (χ3n) is 1.26. The molecule has 0 nitrogen and oxygen atoms in total. The van der Waals surface area contributed by atoms with Gasteiger partial charge in [-0.1, -0.05) is 6.08 Å². The van der Waals surface area contributed by atoms with Crippen LogP contribution in [-0.4, -0.2) is 6.17 Å². The fraction of sp³-hybridized carbons (Fsp3) is 0.667. The first-order valence-electron chi connectivity index (χ1n) is 2.77. The van der Waals surface area contributed by atoms with E-state index in [4.69, 9.17) is 0 Å². The fourth-order valence-electron chi connectivity index (χ4n) is 0.818. The number of halogens is 2. The van der Waals surface area contributed by atoms with Gasteiger partial charge in [0.25, 0.3) is 0 Å². The molecule has 8 heavy (non-hydrogen) atoms. The maximum atomic E-state index is 12.2. The molecule has 1 unspecified atom stereocenters. The molecule has 0 saturated carbocycles. The Kier molecular flexibility index (Phi) is 1.61. The highest BCUT2D eigenvalue weighted by Crippen LogP contribution is 2.20. The van der Waals surface area contributed by atoms with E-state index in [-0.39, 0.29) is 12.2 Å². The average Bonchev–Trinajstić information content (AvgIpc) is 1.64. The third-order valence-corrected chi connectivity index (χ3v) is 1.26. The molecule has 2 heteroatoms. The predicted molar refractivity (Wildman–Crippen MR) is 27.9 cm³/mol. The number of hydrogen-bond donors (Lipinski definition) is 0. The largest absolute Gasteiger partial charge is 0.247 e. The molecule has 1 aliphatic rings. The molecule has 0 heterocycles. The Bertz CT molecular complexity index is 107. The van der Waals surface area contributed by atoms with E-state index in [2.05, 4.69) is 0 Å². The molecule has 0 bridgehead atoms. The summed E-state index contributed by atoms with van der Waals surface area (Å²) >= 11 is 0. The van der Waals surface area contributed by atoms with Gasteiger partial charge in [-0.15, -0.1) is 0 Å². The monoisotopic (exact) mass is 118 g/mol. The fourth-order valence-corrected chi connectivity index (χ4v) is 0.818. The Hall–Kier alpha value is -0.400. The van der Waals surface area contributed by atoms with Crippen molar-refractivity contribution in [2.75, 3.05) is 0 Å². The van der Waals surface area contributed by atoms with Gasteiger partial charge in [0.15, 0.2) is 0 Å². The molecule has 0 saturated heterocycles. The maximum absolute atomic E-state index is 12.2. The van der Waals surface area contributed by atoms with Crippen molar-refractivity contribution in [1.29, 1.82) is 0 Å². The van der Waals surface area contributed by atoms with E-state index in [0.717, 1.165) is 0 Å². The lowest BCUT2D eigenvalue weighted by Gasteiger charge is -2.09. The molecule has 0 amide bonds. The lowest BCUT2D eigenvalue weighted by atomic mass is 10.1. The van der Waals surface area contributed by atoms with Gasteiger partial charge >= 0.3 is 0 Å². The first-order chi connectivity index (χ1) is 3.79. The van der Waals surface area contributed by atoms with Crippen LogP contribution in [0, 0.1) is 0 Å². The second kappa shape index (κ2) is 2.25. The molecule has 0 aromatic carbocycles. The van der Waals surface area contributed by atoms with Crippen LogP contribution in [0.5, 0.6) is 0 Å². The second-order valence-electron chi connectivity index (χ2n) is 2.03. The molecule has 0 aromatic rings. The summed E-state index contributed by atoms with van der Waals surface area (Å²) in [6.45, 7) is 0. The van der Waals surface area contributed by atoms with Crippen LogP contribution in [-0.2, 0) is 0 Å². The zero-order valence-electron chi connectivity index (χ0n) is 4.53. The van der Waals surface area contributed by atoms with Crippen LogP contribution in [0.15, 0.2) is 11.9 Å². The summed E-state index contributed by atoms with van der Waals surface area (Å²) in [4.78, 5) is 0. The van der Waals surface area contributed by atoms with Crippen LogP contribution in [0.25, 0.3) is 0 Å². The molecule has 0 aliphatic heterocycles. The molecule has 1 aliphatic carbocycles. The first kappa shape index (κ1) is 5.73. The van der Waals surface area contributed by atoms with E-state index >= 15 is 0 Å². The Morgan fingerprint density at radius 1 is 1.62 bits per heavy atom. The van der Waals surface area contributed by atoms with Crippen LogP contribution < -0.4 is 0 Å². The van der Waals surface area contributed by atoms with Crippen molar-refractivity contribution < 1.29 is 8.78 Å². The van der Waals surface area contributed by atoms with E-state index in [9.17, 15) is 8.78 Å². The summed E-state index contributed by atoms with van der Waals surface area (Å²) in [7, 11) is 0. The Labute approximate surface area is 47.2 Å². The third kappa shape index (κ3) is 1.29. The molecular weight excluding hydrogens is 110 g/mol. The molecule has 0 aromatic heterocycles. The molecule has 1 rings (SSSR count). The van der Waals surface area contributed by atoms with E-state index in [0.29, 0.717) is 12.8 Å². The maximum Gasteiger partial charge on any atom is 0.107 e. The Morgan fingerprint density at radius 3 is 2.75 bits per heavy atom. The number of hydrogen-bond acceptors (Lipinski definition) is 0. The Morgan fingerprint density at radius 2 is 2.38 bits per heavy atom. The van der Waals surface area contributed by atoms with Gasteiger partial charge in [0, 0.05) is 6.42 Å². The van der Waals surface area contributed by atoms with Crippen LogP contribution in [0.2, 0.25) is 0 Å². The van der Waals surface area contributed by atoms with Crippen molar-refractivity contribution in [3.05, 3.63) is 11.9 Å². The highest BCUT2D eigenvalue weighted by molar-refractivity contribution is 4.98. The molecule has 0 radical (unpaired) electrons. The summed E-state index contributed by atoms with van der Waals surface area (Å²) in [6, 6.07) is 0. The van der Waals surface area contributed by atoms with E-state index in [1.807, 2.05) is 0 Å². The van der Waals surface area contributed by atoms with Gasteiger partial charge in [0.2, 0.25) is 0 Å². The summed E-state index contributed by atoms with van der Waals surface area (Å²) in [6.07, 6.45) is 1.58. The van der Waals surface area contributed by atoms with Gasteiger partial charge in [0.1, 0.15) is 6.17 Å². The lowest BCUT2D eigenvalue weighted by molar-refractivity contribution is 0.285. The lowest BCUT2D eigenvalue weighted by Crippen LogP contribution is -2.03. The summed E-state index contributed by atoms with van der Waals surface area (Å²) in [5.74, 6) is -0.288. The van der Waals surface area contributed by atoms with Crippen molar-refractivity contribution in [1.82, 2.24) is 0 Å². The normalized spacial score (nSPS) is 29.8. The zero-order valence-corrected chi connectivity index (χ0v) is 4.53. The summed E-state index contributed by atoms with van der Waals surface area (Å²) in [5.41, 5.74) is 0. The standard InChI is InChI=1S/C6H8F2/c7-5-2-1-3-6(8)4-5/h2,6H,1,3-4H2. The van der Waals surface area contributed by atoms with Gasteiger partial charge in [-0.2, -0.15) is 0 Å². The van der Waals surface area contributed by atoms with Crippen molar-refractivity contribution >= 4 is 0 Å². The topological polar surface area (TPSA) is 0 Å². The highest BCUT2D eigenvalue weighted by atomic mass is 19.1. The number of rotatable bonds is 0. The van der Waals surface area contributed by atoms with E-state index in [1.165, 1.54) is 6.08 Å². The number of alkyl halides is 1. The van der Waals surface area contributed by atoms with Gasteiger partial charge in [-0.3, -0.25) is 0 Å². The van der Waals surface area contributed by atoms with Gasteiger partial charge in [-0.25, -0.2) is 8.78 Å². The zero-order chi connectivity index (χ0) is 5.98. The van der Waals surface area contributed by atoms with Gasteiger partial charge in [-0.05, 0) is 12.8 Å². The highest BCUT2D eigenvalue weighted by Gasteiger charge is 2.12. The second-order valence-corrected chi connectivity index (χ2v) is 2.03. The summed E-state index contributed by atoms with van der Waals surface area (Å²) in [5, 5.41) is 0.